The van der Waals surface area contributed by atoms with Crippen LogP contribution in [0.2, 0.25) is 5.02 Å². The first-order valence-corrected chi connectivity index (χ1v) is 16.2. The van der Waals surface area contributed by atoms with Gasteiger partial charge in [-0.15, -0.1) is 5.10 Å². The first-order chi connectivity index (χ1) is 21.3. The van der Waals surface area contributed by atoms with Gasteiger partial charge in [-0.05, 0) is 64.2 Å². The predicted octanol–water partition coefficient (Wildman–Crippen LogP) is 7.19. The molecule has 230 valence electrons. The molecule has 2 saturated heterocycles. The molecule has 0 radical (unpaired) electrons. The van der Waals surface area contributed by atoms with Crippen molar-refractivity contribution in [3.63, 3.8) is 0 Å². The third-order valence-electron chi connectivity index (χ3n) is 8.98. The zero-order valence-corrected chi connectivity index (χ0v) is 26.7. The van der Waals surface area contributed by atoms with E-state index in [4.69, 9.17) is 16.6 Å². The minimum absolute atomic E-state index is 0.172. The van der Waals surface area contributed by atoms with Crippen LogP contribution in [-0.4, -0.2) is 61.6 Å². The average Bonchev–Trinajstić information content (AvgIpc) is 3.37. The molecule has 1 atom stereocenters. The molecule has 2 aromatic heterocycles. The number of nitriles is 1. The zero-order chi connectivity index (χ0) is 30.7. The highest BCUT2D eigenvalue weighted by Crippen LogP contribution is 2.37. The molecule has 4 heterocycles. The van der Waals surface area contributed by atoms with Gasteiger partial charge in [-0.2, -0.15) is 5.26 Å². The van der Waals surface area contributed by atoms with Gasteiger partial charge in [0.1, 0.15) is 11.8 Å². The monoisotopic (exact) mass is 611 g/mol. The van der Waals surface area contributed by atoms with Crippen molar-refractivity contribution in [3.8, 4) is 6.07 Å². The van der Waals surface area contributed by atoms with Gasteiger partial charge in [0.15, 0.2) is 0 Å². The molecule has 0 aliphatic carbocycles. The summed E-state index contributed by atoms with van der Waals surface area (Å²) in [6.07, 6.45) is 10.5. The first-order valence-electron chi connectivity index (χ1n) is 15.8. The molecule has 0 unspecified atom stereocenters. The topological polar surface area (TPSA) is 97.9 Å². The third-order valence-corrected chi connectivity index (χ3v) is 9.19. The number of anilines is 2. The number of rotatable bonds is 7. The van der Waals surface area contributed by atoms with Crippen molar-refractivity contribution in [2.45, 2.75) is 76.9 Å². The third kappa shape index (κ3) is 6.68. The molecule has 44 heavy (non-hydrogen) atoms. The van der Waals surface area contributed by atoms with Gasteiger partial charge in [0.05, 0.1) is 40.7 Å². The van der Waals surface area contributed by atoms with Gasteiger partial charge >= 0.3 is 0 Å². The molecule has 6 rings (SSSR count). The summed E-state index contributed by atoms with van der Waals surface area (Å²) in [4.78, 5) is 7.31. The Kier molecular flexibility index (Phi) is 9.03. The molecule has 4 aromatic rings. The van der Waals surface area contributed by atoms with E-state index in [1.54, 1.807) is 6.20 Å². The molecular weight excluding hydrogens is 570 g/mol. The number of pyridine rings is 1. The second-order valence-electron chi connectivity index (χ2n) is 13.0. The predicted molar refractivity (Wildman–Crippen MR) is 177 cm³/mol. The molecule has 2 fully saturated rings. The first kappa shape index (κ1) is 30.3. The Labute approximate surface area is 265 Å². The number of likely N-dealkylation sites (tertiary alicyclic amines) is 1. The quantitative estimate of drug-likeness (QED) is 0.227. The Bertz CT molecular complexity index is 1610. The summed E-state index contributed by atoms with van der Waals surface area (Å²) < 4.78 is 2.05. The number of hydrogen-bond acceptors (Lipinski definition) is 8. The molecule has 2 aliphatic heterocycles. The maximum Gasteiger partial charge on any atom is 0.109 e. The molecule has 0 bridgehead atoms. The number of benzene rings is 2. The fourth-order valence-corrected chi connectivity index (χ4v) is 6.67. The standard InChI is InChI=1S/C34H42ClN9/c1-34(2,3)42-17-13-27(14-18-42)44-23-30(39-41-44)32(24-11-7-6-8-12-24)38-29-20-26(35)19-28-31(25(21-36)22-37-33(28)29)40-43-15-9-4-5-10-16-43/h6-8,11-12,19-20,22-23,27,32,38H,4-5,9-10,13-18H2,1-3H3,(H,37,40)/t32-/m0/s1. The summed E-state index contributed by atoms with van der Waals surface area (Å²) in [6.45, 7) is 10.8. The SMILES string of the molecule is CC(C)(C)N1CCC(n2cc([C@@H](Nc3cc(Cl)cc4c(NN5CCCCCC5)c(C#N)cnc34)c3ccccc3)nn2)CC1. The minimum Gasteiger partial charge on any atom is -0.371 e. The minimum atomic E-state index is -0.277. The largest absolute Gasteiger partial charge is 0.371 e. The van der Waals surface area contributed by atoms with Crippen LogP contribution in [0.25, 0.3) is 10.9 Å². The van der Waals surface area contributed by atoms with E-state index in [0.29, 0.717) is 16.6 Å². The second kappa shape index (κ2) is 13.1. The Morgan fingerprint density at radius 2 is 1.73 bits per heavy atom. The van der Waals surface area contributed by atoms with Crippen LogP contribution in [0.5, 0.6) is 0 Å². The number of piperidine rings is 1. The summed E-state index contributed by atoms with van der Waals surface area (Å²) in [5, 5.41) is 26.6. The van der Waals surface area contributed by atoms with Crippen LogP contribution in [0.4, 0.5) is 11.4 Å². The van der Waals surface area contributed by atoms with Crippen LogP contribution in [0.1, 0.15) is 88.2 Å². The van der Waals surface area contributed by atoms with Gasteiger partial charge in [-0.3, -0.25) is 9.88 Å². The number of hydrogen-bond donors (Lipinski definition) is 2. The maximum atomic E-state index is 9.99. The number of fused-ring (bicyclic) bond motifs is 1. The van der Waals surface area contributed by atoms with Gasteiger partial charge in [0.25, 0.3) is 0 Å². The highest BCUT2D eigenvalue weighted by Gasteiger charge is 2.29. The average molecular weight is 612 g/mol. The maximum absolute atomic E-state index is 9.99. The van der Waals surface area contributed by atoms with Crippen molar-refractivity contribution in [2.24, 2.45) is 0 Å². The fraction of sp³-hybridized carbons (Fsp3) is 0.471. The van der Waals surface area contributed by atoms with Gasteiger partial charge in [0, 0.05) is 48.3 Å². The second-order valence-corrected chi connectivity index (χ2v) is 13.5. The van der Waals surface area contributed by atoms with Crippen LogP contribution in [0.15, 0.2) is 54.9 Å². The van der Waals surface area contributed by atoms with Crippen LogP contribution < -0.4 is 10.7 Å². The van der Waals surface area contributed by atoms with Crippen molar-refractivity contribution in [2.75, 3.05) is 36.9 Å². The van der Waals surface area contributed by atoms with Gasteiger partial charge in [-0.1, -0.05) is 60.0 Å². The number of halogens is 1. The van der Waals surface area contributed by atoms with Crippen LogP contribution in [-0.2, 0) is 0 Å². The summed E-state index contributed by atoms with van der Waals surface area (Å²) >= 11 is 6.76. The van der Waals surface area contributed by atoms with Gasteiger partial charge in [0.2, 0.25) is 0 Å². The van der Waals surface area contributed by atoms with Crippen molar-refractivity contribution >= 4 is 33.9 Å². The highest BCUT2D eigenvalue weighted by molar-refractivity contribution is 6.32. The Morgan fingerprint density at radius 1 is 1.00 bits per heavy atom. The van der Waals surface area contributed by atoms with Crippen LogP contribution in [0, 0.1) is 11.3 Å². The summed E-state index contributed by atoms with van der Waals surface area (Å²) in [6, 6.07) is 16.4. The summed E-state index contributed by atoms with van der Waals surface area (Å²) in [5.41, 5.74) is 8.39. The van der Waals surface area contributed by atoms with Crippen LogP contribution >= 0.6 is 11.6 Å². The number of hydrazine groups is 1. The van der Waals surface area contributed by atoms with Crippen molar-refractivity contribution in [1.29, 1.82) is 5.26 Å². The van der Waals surface area contributed by atoms with E-state index in [-0.39, 0.29) is 11.6 Å². The molecule has 0 saturated carbocycles. The normalized spacial score (nSPS) is 18.1. The van der Waals surface area contributed by atoms with E-state index in [2.05, 4.69) is 76.1 Å². The van der Waals surface area contributed by atoms with E-state index >= 15 is 0 Å². The van der Waals surface area contributed by atoms with E-state index in [0.717, 1.165) is 85.4 Å². The van der Waals surface area contributed by atoms with Crippen molar-refractivity contribution < 1.29 is 0 Å². The number of aromatic nitrogens is 4. The van der Waals surface area contributed by atoms with Gasteiger partial charge < -0.3 is 10.7 Å². The summed E-state index contributed by atoms with van der Waals surface area (Å²) in [5.74, 6) is 0. The molecule has 9 nitrogen and oxygen atoms in total. The molecule has 2 aliphatic rings. The lowest BCUT2D eigenvalue weighted by atomic mass is 9.98. The molecule has 0 spiro atoms. The molecule has 2 aromatic carbocycles. The smallest absolute Gasteiger partial charge is 0.109 e. The Morgan fingerprint density at radius 3 is 2.41 bits per heavy atom. The van der Waals surface area contributed by atoms with E-state index in [9.17, 15) is 5.26 Å². The van der Waals surface area contributed by atoms with Crippen molar-refractivity contribution in [1.82, 2.24) is 29.9 Å². The van der Waals surface area contributed by atoms with Crippen molar-refractivity contribution in [3.05, 3.63) is 76.7 Å². The molecule has 10 heteroatoms. The highest BCUT2D eigenvalue weighted by atomic mass is 35.5. The van der Waals surface area contributed by atoms with Gasteiger partial charge in [-0.25, -0.2) is 9.69 Å². The molecule has 2 N–H and O–H groups in total. The van der Waals surface area contributed by atoms with Crippen LogP contribution in [0.3, 0.4) is 0 Å². The Hall–Kier alpha value is -3.71. The number of nitrogens with zero attached hydrogens (tertiary/aromatic N) is 7. The lowest BCUT2D eigenvalue weighted by molar-refractivity contribution is 0.0866. The Balaban J connectivity index is 1.33. The lowest BCUT2D eigenvalue weighted by Gasteiger charge is -2.40. The van der Waals surface area contributed by atoms with E-state index < -0.39 is 0 Å². The molecule has 0 amide bonds. The fourth-order valence-electron chi connectivity index (χ4n) is 6.45. The lowest BCUT2D eigenvalue weighted by Crippen LogP contribution is -2.46. The molecular formula is C34H42ClN9. The van der Waals surface area contributed by atoms with E-state index in [1.165, 1.54) is 12.8 Å². The number of nitrogens with one attached hydrogen (secondary N) is 2. The van der Waals surface area contributed by atoms with E-state index in [1.807, 2.05) is 35.0 Å². The zero-order valence-electron chi connectivity index (χ0n) is 25.9. The summed E-state index contributed by atoms with van der Waals surface area (Å²) in [7, 11) is 0.